The second-order valence-corrected chi connectivity index (χ2v) is 10.1. The summed E-state index contributed by atoms with van der Waals surface area (Å²) in [4.78, 5) is 33.6. The van der Waals surface area contributed by atoms with Crippen LogP contribution in [0.4, 0.5) is 29.1 Å². The van der Waals surface area contributed by atoms with Gasteiger partial charge in [-0.15, -0.1) is 0 Å². The number of benzene rings is 1. The van der Waals surface area contributed by atoms with E-state index in [4.69, 9.17) is 0 Å². The van der Waals surface area contributed by atoms with Crippen LogP contribution in [0.25, 0.3) is 5.69 Å². The molecule has 1 saturated carbocycles. The topological polar surface area (TPSA) is 113 Å². The number of aliphatic imine (C=N–C) groups is 1. The highest BCUT2D eigenvalue weighted by Gasteiger charge is 2.30. The maximum absolute atomic E-state index is 13.8. The lowest BCUT2D eigenvalue weighted by atomic mass is 10.1. The number of anilines is 2. The predicted molar refractivity (Wildman–Crippen MR) is 151 cm³/mol. The smallest absolute Gasteiger partial charge is 0.284 e. The van der Waals surface area contributed by atoms with E-state index in [0.717, 1.165) is 12.8 Å². The van der Waals surface area contributed by atoms with E-state index in [2.05, 4.69) is 31.0 Å². The molecule has 9 nitrogen and oxygen atoms in total. The summed E-state index contributed by atoms with van der Waals surface area (Å²) in [6.07, 6.45) is 2.84. The summed E-state index contributed by atoms with van der Waals surface area (Å²) < 4.78 is 55.4. The fourth-order valence-electron chi connectivity index (χ4n) is 3.89. The van der Waals surface area contributed by atoms with E-state index in [1.54, 1.807) is 31.2 Å². The van der Waals surface area contributed by atoms with Crippen LogP contribution in [0.3, 0.4) is 0 Å². The Kier molecular flexibility index (Phi) is 9.17. The zero-order valence-corrected chi connectivity index (χ0v) is 23.3. The third-order valence-electron chi connectivity index (χ3n) is 6.09. The summed E-state index contributed by atoms with van der Waals surface area (Å²) in [5, 5.41) is 11.5. The second kappa shape index (κ2) is 12.6. The minimum absolute atomic E-state index is 0.0161. The predicted octanol–water partition coefficient (Wildman–Crippen LogP) is 5.19. The zero-order valence-electron chi connectivity index (χ0n) is 22.2. The fraction of sp³-hybridized carbons (Fsp3) is 0.296. The Morgan fingerprint density at radius 1 is 1.20 bits per heavy atom. The highest BCUT2D eigenvalue weighted by atomic mass is 31.0. The van der Waals surface area contributed by atoms with E-state index in [0.29, 0.717) is 22.5 Å². The number of allylic oxidation sites excluding steroid dienone is 1. The Labute approximate surface area is 235 Å². The first-order valence-corrected chi connectivity index (χ1v) is 13.2. The van der Waals surface area contributed by atoms with E-state index in [1.165, 1.54) is 51.6 Å². The lowest BCUT2D eigenvalue weighted by molar-refractivity contribution is -0.112. The molecule has 3 aromatic rings. The fourth-order valence-corrected chi connectivity index (χ4v) is 3.99. The molecule has 1 atom stereocenters. The maximum atomic E-state index is 13.8. The van der Waals surface area contributed by atoms with Crippen LogP contribution < -0.4 is 16.0 Å². The molecule has 2 amide bonds. The van der Waals surface area contributed by atoms with Gasteiger partial charge in [0, 0.05) is 30.3 Å². The monoisotopic (exact) mass is 589 g/mol. The molecule has 0 aliphatic heterocycles. The number of hydrogen-bond donors (Lipinski definition) is 3. The number of carbonyl (C=O) groups is 2. The molecule has 1 unspecified atom stereocenters. The molecule has 14 heteroatoms. The van der Waals surface area contributed by atoms with E-state index >= 15 is 0 Å². The minimum atomic E-state index is -3.01. The van der Waals surface area contributed by atoms with Crippen molar-refractivity contribution in [2.45, 2.75) is 31.9 Å². The third kappa shape index (κ3) is 7.75. The SMILES string of the molecule is C/C=C(\N=C(c1ccnc(NCC(F)(F)P)c1)C1CC1)C(=O)Nc1cn(-c2ccc(C(=O)NC)cc2)nc1C(F)F. The lowest BCUT2D eigenvalue weighted by Crippen LogP contribution is -2.20. The average Bonchev–Trinajstić information content (AvgIpc) is 3.70. The van der Waals surface area contributed by atoms with Crippen LogP contribution in [-0.4, -0.2) is 51.5 Å². The van der Waals surface area contributed by atoms with E-state index < -0.39 is 30.2 Å². The summed E-state index contributed by atoms with van der Waals surface area (Å²) in [6, 6.07) is 9.37. The highest BCUT2D eigenvalue weighted by molar-refractivity contribution is 7.18. The van der Waals surface area contributed by atoms with Crippen LogP contribution in [0.2, 0.25) is 0 Å². The van der Waals surface area contributed by atoms with Gasteiger partial charge in [-0.2, -0.15) is 5.10 Å². The summed E-state index contributed by atoms with van der Waals surface area (Å²) in [5.41, 5.74) is -1.90. The highest BCUT2D eigenvalue weighted by Crippen LogP contribution is 2.35. The molecule has 1 aliphatic rings. The summed E-state index contributed by atoms with van der Waals surface area (Å²) in [7, 11) is 2.95. The number of pyridine rings is 1. The standard InChI is InChI=1S/C27H28F4N7O2P/c1-3-19(35-22(15-4-5-15)17-10-11-33-21(12-17)34-14-27(30,31)41)26(40)36-20-13-38(37-23(20)24(28)29)18-8-6-16(7-9-18)25(39)32-2/h3,6-13,15,24H,4-5,14,41H2,1-2H3,(H,32,39)(H,33,34)(H,36,40)/b19-3-,35-22?. The van der Waals surface area contributed by atoms with Gasteiger partial charge >= 0.3 is 0 Å². The zero-order chi connectivity index (χ0) is 29.7. The largest absolute Gasteiger partial charge is 0.364 e. The van der Waals surface area contributed by atoms with Gasteiger partial charge < -0.3 is 16.0 Å². The van der Waals surface area contributed by atoms with Crippen LogP contribution in [0.15, 0.2) is 65.6 Å². The van der Waals surface area contributed by atoms with Crippen LogP contribution in [0.1, 0.15) is 47.8 Å². The van der Waals surface area contributed by atoms with Crippen LogP contribution in [0, 0.1) is 5.92 Å². The van der Waals surface area contributed by atoms with Crippen molar-refractivity contribution in [2.24, 2.45) is 10.9 Å². The lowest BCUT2D eigenvalue weighted by Gasteiger charge is -2.13. The number of nitrogens with zero attached hydrogens (tertiary/aromatic N) is 4. The number of aromatic nitrogens is 3. The first-order valence-electron chi connectivity index (χ1n) is 12.6. The normalized spacial score (nSPS) is 14.2. The van der Waals surface area contributed by atoms with Crippen LogP contribution in [-0.2, 0) is 4.79 Å². The summed E-state index contributed by atoms with van der Waals surface area (Å²) in [6.45, 7) is 0.958. The number of nitrogens with one attached hydrogen (secondary N) is 3. The number of amides is 2. The molecule has 4 rings (SSSR count). The van der Waals surface area contributed by atoms with Crippen molar-refractivity contribution in [2.75, 3.05) is 24.2 Å². The van der Waals surface area contributed by atoms with Crippen molar-refractivity contribution in [3.63, 3.8) is 0 Å². The Hall–Kier alpha value is -4.12. The van der Waals surface area contributed by atoms with E-state index in [1.807, 2.05) is 0 Å². The van der Waals surface area contributed by atoms with Crippen molar-refractivity contribution in [1.29, 1.82) is 0 Å². The van der Waals surface area contributed by atoms with Crippen molar-refractivity contribution < 1.29 is 27.2 Å². The van der Waals surface area contributed by atoms with Gasteiger partial charge in [-0.3, -0.25) is 9.59 Å². The summed E-state index contributed by atoms with van der Waals surface area (Å²) in [5.74, 6) is -0.753. The van der Waals surface area contributed by atoms with Crippen LogP contribution in [0.5, 0.6) is 0 Å². The maximum Gasteiger partial charge on any atom is 0.284 e. The number of alkyl halides is 4. The molecule has 216 valence electrons. The van der Waals surface area contributed by atoms with Gasteiger partial charge in [-0.25, -0.2) is 32.2 Å². The van der Waals surface area contributed by atoms with Crippen molar-refractivity contribution in [1.82, 2.24) is 20.1 Å². The Balaban J connectivity index is 1.57. The molecule has 2 heterocycles. The first-order chi connectivity index (χ1) is 19.5. The van der Waals surface area contributed by atoms with Crippen molar-refractivity contribution in [3.8, 4) is 5.69 Å². The van der Waals surface area contributed by atoms with Gasteiger partial charge in [-0.05, 0) is 56.2 Å². The quantitative estimate of drug-likeness (QED) is 0.123. The van der Waals surface area contributed by atoms with Gasteiger partial charge in [0.25, 0.3) is 23.9 Å². The van der Waals surface area contributed by atoms with Gasteiger partial charge in [-0.1, -0.05) is 15.3 Å². The molecule has 3 N–H and O–H groups in total. The van der Waals surface area contributed by atoms with Gasteiger partial charge in [0.1, 0.15) is 11.5 Å². The Bertz CT molecular complexity index is 1480. The van der Waals surface area contributed by atoms with Gasteiger partial charge in [0.2, 0.25) is 0 Å². The third-order valence-corrected chi connectivity index (χ3v) is 6.29. The molecule has 0 spiro atoms. The van der Waals surface area contributed by atoms with E-state index in [9.17, 15) is 27.2 Å². The molecule has 0 bridgehead atoms. The van der Waals surface area contributed by atoms with Crippen molar-refractivity contribution >= 4 is 38.3 Å². The van der Waals surface area contributed by atoms with Gasteiger partial charge in [0.15, 0.2) is 5.69 Å². The average molecular weight is 590 g/mol. The molecule has 0 radical (unpaired) electrons. The Morgan fingerprint density at radius 3 is 2.49 bits per heavy atom. The molecule has 0 saturated heterocycles. The molecular formula is C27H28F4N7O2P. The number of rotatable bonds is 11. The minimum Gasteiger partial charge on any atom is -0.364 e. The van der Waals surface area contributed by atoms with E-state index in [-0.39, 0.29) is 29.0 Å². The molecule has 1 aliphatic carbocycles. The molecular weight excluding hydrogens is 561 g/mol. The number of halogens is 4. The molecule has 1 aromatic carbocycles. The Morgan fingerprint density at radius 2 is 1.90 bits per heavy atom. The molecule has 41 heavy (non-hydrogen) atoms. The molecule has 1 fully saturated rings. The summed E-state index contributed by atoms with van der Waals surface area (Å²) >= 11 is 0. The molecule has 2 aromatic heterocycles. The van der Waals surface area contributed by atoms with Crippen LogP contribution >= 0.6 is 9.24 Å². The van der Waals surface area contributed by atoms with Gasteiger partial charge in [0.05, 0.1) is 29.8 Å². The number of carbonyl (C=O) groups excluding carboxylic acids is 2. The second-order valence-electron chi connectivity index (χ2n) is 9.24. The number of hydrogen-bond acceptors (Lipinski definition) is 6. The first kappa shape index (κ1) is 29.9. The van der Waals surface area contributed by atoms with Crippen molar-refractivity contribution in [3.05, 3.63) is 77.4 Å².